The second-order valence-corrected chi connectivity index (χ2v) is 7.15. The highest BCUT2D eigenvalue weighted by Crippen LogP contribution is 2.33. The number of rotatable bonds is 3. The van der Waals surface area contributed by atoms with E-state index >= 15 is 0 Å². The molecule has 0 aliphatic carbocycles. The minimum Gasteiger partial charge on any atom is -0.398 e. The number of nitrogens with two attached hydrogens (primary N) is 1. The molecule has 0 saturated heterocycles. The van der Waals surface area contributed by atoms with Crippen LogP contribution in [0.1, 0.15) is 36.2 Å². The minimum atomic E-state index is -0.192. The lowest BCUT2D eigenvalue weighted by molar-refractivity contribution is -0.118. The number of anilines is 3. The minimum absolute atomic E-state index is 0.109. The Labute approximate surface area is 158 Å². The molecule has 2 amide bonds. The van der Waals surface area contributed by atoms with Gasteiger partial charge in [0.1, 0.15) is 0 Å². The maximum atomic E-state index is 13.2. The lowest BCUT2D eigenvalue weighted by Crippen LogP contribution is -2.36. The van der Waals surface area contributed by atoms with Crippen LogP contribution in [0.2, 0.25) is 5.02 Å². The van der Waals surface area contributed by atoms with E-state index in [9.17, 15) is 9.59 Å². The molecule has 0 unspecified atom stereocenters. The lowest BCUT2D eigenvalue weighted by atomic mass is 9.99. The van der Waals surface area contributed by atoms with Gasteiger partial charge in [0.25, 0.3) is 5.91 Å². The molecule has 1 aliphatic rings. The van der Waals surface area contributed by atoms with Gasteiger partial charge >= 0.3 is 0 Å². The molecule has 5 nitrogen and oxygen atoms in total. The van der Waals surface area contributed by atoms with Crippen molar-refractivity contribution in [3.63, 3.8) is 0 Å². The Morgan fingerprint density at radius 2 is 2.00 bits per heavy atom. The van der Waals surface area contributed by atoms with Crippen molar-refractivity contribution in [2.45, 2.75) is 26.7 Å². The van der Waals surface area contributed by atoms with Crippen LogP contribution < -0.4 is 16.0 Å². The zero-order valence-electron chi connectivity index (χ0n) is 14.9. The Hall–Kier alpha value is -2.53. The van der Waals surface area contributed by atoms with Crippen LogP contribution >= 0.6 is 11.6 Å². The van der Waals surface area contributed by atoms with Crippen LogP contribution in [-0.2, 0) is 11.2 Å². The van der Waals surface area contributed by atoms with Crippen LogP contribution in [0, 0.1) is 5.92 Å². The second kappa shape index (κ2) is 7.38. The van der Waals surface area contributed by atoms with Gasteiger partial charge < -0.3 is 16.0 Å². The lowest BCUT2D eigenvalue weighted by Gasteiger charge is -2.30. The Kier molecular flexibility index (Phi) is 5.18. The van der Waals surface area contributed by atoms with E-state index < -0.39 is 0 Å². The molecule has 2 aromatic rings. The van der Waals surface area contributed by atoms with Crippen LogP contribution in [0.25, 0.3) is 0 Å². The second-order valence-electron chi connectivity index (χ2n) is 6.74. The summed E-state index contributed by atoms with van der Waals surface area (Å²) in [5.74, 6) is -0.453. The average Bonchev–Trinajstić information content (AvgIpc) is 2.62. The molecule has 6 heteroatoms. The van der Waals surface area contributed by atoms with E-state index in [4.69, 9.17) is 17.3 Å². The molecule has 2 aromatic carbocycles. The third-order valence-electron chi connectivity index (χ3n) is 4.52. The summed E-state index contributed by atoms with van der Waals surface area (Å²) in [5, 5.41) is 3.16. The van der Waals surface area contributed by atoms with E-state index in [0.717, 1.165) is 24.1 Å². The highest BCUT2D eigenvalue weighted by atomic mass is 35.5. The van der Waals surface area contributed by atoms with E-state index in [1.54, 1.807) is 23.1 Å². The number of nitrogens with one attached hydrogen (secondary N) is 1. The number of hydrogen-bond donors (Lipinski definition) is 2. The summed E-state index contributed by atoms with van der Waals surface area (Å²) in [6.07, 6.45) is 1.69. The molecular formula is C20H22ClN3O2. The summed E-state index contributed by atoms with van der Waals surface area (Å²) in [4.78, 5) is 26.8. The smallest absolute Gasteiger partial charge is 0.259 e. The van der Waals surface area contributed by atoms with Crippen molar-refractivity contribution in [3.8, 4) is 0 Å². The molecule has 0 saturated carbocycles. The van der Waals surface area contributed by atoms with Crippen LogP contribution in [0.5, 0.6) is 0 Å². The molecule has 136 valence electrons. The van der Waals surface area contributed by atoms with Crippen molar-refractivity contribution in [1.29, 1.82) is 0 Å². The first-order valence-corrected chi connectivity index (χ1v) is 9.06. The van der Waals surface area contributed by atoms with E-state index in [2.05, 4.69) is 5.32 Å². The van der Waals surface area contributed by atoms with Crippen molar-refractivity contribution in [2.24, 2.45) is 5.92 Å². The predicted octanol–water partition coefficient (Wildman–Crippen LogP) is 4.11. The maximum Gasteiger partial charge on any atom is 0.259 e. The molecular weight excluding hydrogens is 350 g/mol. The van der Waals surface area contributed by atoms with Gasteiger partial charge in [0.2, 0.25) is 5.91 Å². The first-order valence-electron chi connectivity index (χ1n) is 8.68. The number of nitrogens with zero attached hydrogens (tertiary/aromatic N) is 1. The molecule has 1 aliphatic heterocycles. The third kappa shape index (κ3) is 3.53. The number of amides is 2. The number of carbonyl (C=O) groups is 2. The van der Waals surface area contributed by atoms with Gasteiger partial charge in [-0.25, -0.2) is 0 Å². The number of benzene rings is 2. The standard InChI is InChI=1S/C20H22ClN3O2/c1-12(2)19(25)23-13-8-9-16(21)15(11-13)20(26)24-10-4-5-14-17(22)6-3-7-18(14)24/h3,6-9,11-12H,4-5,10,22H2,1-2H3,(H,23,25). The van der Waals surface area contributed by atoms with Gasteiger partial charge in [0.05, 0.1) is 10.6 Å². The van der Waals surface area contributed by atoms with Crippen molar-refractivity contribution in [2.75, 3.05) is 22.5 Å². The third-order valence-corrected chi connectivity index (χ3v) is 4.85. The van der Waals surface area contributed by atoms with Crippen molar-refractivity contribution in [1.82, 2.24) is 0 Å². The van der Waals surface area contributed by atoms with Gasteiger partial charge in [0.15, 0.2) is 0 Å². The molecule has 0 radical (unpaired) electrons. The van der Waals surface area contributed by atoms with Crippen molar-refractivity contribution >= 4 is 40.5 Å². The summed E-state index contributed by atoms with van der Waals surface area (Å²) in [7, 11) is 0. The van der Waals surface area contributed by atoms with E-state index in [1.165, 1.54) is 0 Å². The highest BCUT2D eigenvalue weighted by molar-refractivity contribution is 6.34. The predicted molar refractivity (Wildman–Crippen MR) is 106 cm³/mol. The molecule has 3 rings (SSSR count). The SMILES string of the molecule is CC(C)C(=O)Nc1ccc(Cl)c(C(=O)N2CCCc3c(N)cccc32)c1. The first-order chi connectivity index (χ1) is 12.4. The Morgan fingerprint density at radius 1 is 1.23 bits per heavy atom. The van der Waals surface area contributed by atoms with Crippen LogP contribution in [0.4, 0.5) is 17.1 Å². The highest BCUT2D eigenvalue weighted by Gasteiger charge is 2.26. The summed E-state index contributed by atoms with van der Waals surface area (Å²) >= 11 is 6.28. The van der Waals surface area contributed by atoms with Crippen LogP contribution in [0.15, 0.2) is 36.4 Å². The molecule has 0 fully saturated rings. The fourth-order valence-corrected chi connectivity index (χ4v) is 3.26. The van der Waals surface area contributed by atoms with E-state index in [1.807, 2.05) is 32.0 Å². The Balaban J connectivity index is 1.94. The molecule has 0 atom stereocenters. The zero-order chi connectivity index (χ0) is 18.8. The van der Waals surface area contributed by atoms with Crippen molar-refractivity contribution < 1.29 is 9.59 Å². The molecule has 0 bridgehead atoms. The average molecular weight is 372 g/mol. The largest absolute Gasteiger partial charge is 0.398 e. The van der Waals surface area contributed by atoms with Gasteiger partial charge in [-0.3, -0.25) is 9.59 Å². The van der Waals surface area contributed by atoms with Gasteiger partial charge in [-0.15, -0.1) is 0 Å². The van der Waals surface area contributed by atoms with Crippen molar-refractivity contribution in [3.05, 3.63) is 52.5 Å². The van der Waals surface area contributed by atoms with Gasteiger partial charge in [0, 0.05) is 29.5 Å². The summed E-state index contributed by atoms with van der Waals surface area (Å²) in [6, 6.07) is 10.6. The number of carbonyl (C=O) groups excluding carboxylic acids is 2. The Bertz CT molecular complexity index is 864. The fourth-order valence-electron chi connectivity index (χ4n) is 3.06. The molecule has 3 N–H and O–H groups in total. The van der Waals surface area contributed by atoms with Crippen LogP contribution in [0.3, 0.4) is 0 Å². The zero-order valence-corrected chi connectivity index (χ0v) is 15.6. The first kappa shape index (κ1) is 18.3. The fraction of sp³-hybridized carbons (Fsp3) is 0.300. The quantitative estimate of drug-likeness (QED) is 0.797. The number of halogens is 1. The van der Waals surface area contributed by atoms with Crippen LogP contribution in [-0.4, -0.2) is 18.4 Å². The topological polar surface area (TPSA) is 75.4 Å². The summed E-state index contributed by atoms with van der Waals surface area (Å²) in [6.45, 7) is 4.23. The van der Waals surface area contributed by atoms with E-state index in [-0.39, 0.29) is 17.7 Å². The summed E-state index contributed by atoms with van der Waals surface area (Å²) in [5.41, 5.74) is 9.51. The Morgan fingerprint density at radius 3 is 2.73 bits per heavy atom. The number of nitrogen functional groups attached to an aromatic ring is 1. The van der Waals surface area contributed by atoms with Gasteiger partial charge in [-0.2, -0.15) is 0 Å². The van der Waals surface area contributed by atoms with Gasteiger partial charge in [-0.05, 0) is 48.7 Å². The monoisotopic (exact) mass is 371 g/mol. The number of fused-ring (bicyclic) bond motifs is 1. The molecule has 0 spiro atoms. The normalized spacial score (nSPS) is 13.5. The molecule has 1 heterocycles. The van der Waals surface area contributed by atoms with Gasteiger partial charge in [-0.1, -0.05) is 31.5 Å². The van der Waals surface area contributed by atoms with E-state index in [0.29, 0.717) is 28.5 Å². The summed E-state index contributed by atoms with van der Waals surface area (Å²) < 4.78 is 0. The molecule has 0 aromatic heterocycles. The number of hydrogen-bond acceptors (Lipinski definition) is 3. The maximum absolute atomic E-state index is 13.2. The molecule has 26 heavy (non-hydrogen) atoms.